The van der Waals surface area contributed by atoms with Gasteiger partial charge < -0.3 is 13.7 Å². The molecule has 0 bridgehead atoms. The van der Waals surface area contributed by atoms with Crippen molar-refractivity contribution >= 4 is 43.3 Å². The van der Waals surface area contributed by atoms with Gasteiger partial charge in [-0.25, -0.2) is 0 Å². The highest BCUT2D eigenvalue weighted by Crippen LogP contribution is 2.40. The highest BCUT2D eigenvalue weighted by Gasteiger charge is 2.26. The van der Waals surface area contributed by atoms with Crippen molar-refractivity contribution in [3.8, 4) is 29.2 Å². The molecule has 0 aliphatic heterocycles. The van der Waals surface area contributed by atoms with Crippen LogP contribution >= 0.6 is 0 Å². The van der Waals surface area contributed by atoms with E-state index < -0.39 is 10.5 Å². The second-order valence-corrected chi connectivity index (χ2v) is 11.5. The quantitative estimate of drug-likeness (QED) is 0.203. The molecule has 2 aromatic carbocycles. The Labute approximate surface area is 225 Å². The number of halogens is 1. The fourth-order valence-corrected chi connectivity index (χ4v) is 5.90. The van der Waals surface area contributed by atoms with Crippen LogP contribution in [0.5, 0.6) is 5.75 Å². The number of fused-ring (bicyclic) bond motifs is 4. The van der Waals surface area contributed by atoms with E-state index in [2.05, 4.69) is 38.5 Å². The summed E-state index contributed by atoms with van der Waals surface area (Å²) in [4.78, 5) is 21.6. The molecule has 1 aliphatic carbocycles. The molecule has 3 aromatic heterocycles. The minimum atomic E-state index is -5.20. The SMILES string of the molecule is C#Cc1ccc2c(c1)[nH]c1c2c(=O)c2cc(CC(C)C)c(-c3cncc(OS(=O)(=O)F)c3)cc2n1C1CCC1. The van der Waals surface area contributed by atoms with Crippen LogP contribution in [0.15, 0.2) is 53.6 Å². The van der Waals surface area contributed by atoms with Gasteiger partial charge in [0, 0.05) is 39.7 Å². The van der Waals surface area contributed by atoms with Gasteiger partial charge in [0.15, 0.2) is 11.2 Å². The molecule has 0 amide bonds. The van der Waals surface area contributed by atoms with Crippen molar-refractivity contribution in [3.63, 3.8) is 0 Å². The minimum Gasteiger partial charge on any atom is -0.357 e. The van der Waals surface area contributed by atoms with Crippen molar-refractivity contribution in [2.75, 3.05) is 0 Å². The molecule has 7 nitrogen and oxygen atoms in total. The number of rotatable bonds is 6. The number of hydrogen-bond acceptors (Lipinski definition) is 5. The second kappa shape index (κ2) is 9.24. The molecule has 0 spiro atoms. The summed E-state index contributed by atoms with van der Waals surface area (Å²) in [6, 6.07) is 11.2. The highest BCUT2D eigenvalue weighted by molar-refractivity contribution is 7.81. The molecule has 0 unspecified atom stereocenters. The summed E-state index contributed by atoms with van der Waals surface area (Å²) >= 11 is 0. The Hall–Kier alpha value is -4.16. The van der Waals surface area contributed by atoms with Crippen LogP contribution in [0.3, 0.4) is 0 Å². The Bertz CT molecular complexity index is 2000. The van der Waals surface area contributed by atoms with Crippen LogP contribution in [0.1, 0.15) is 50.3 Å². The largest absolute Gasteiger partial charge is 0.488 e. The first kappa shape index (κ1) is 25.1. The van der Waals surface area contributed by atoms with E-state index in [0.717, 1.165) is 64.2 Å². The van der Waals surface area contributed by atoms with Crippen LogP contribution in [-0.4, -0.2) is 23.0 Å². The molecular weight excluding hydrogens is 517 g/mol. The first-order valence-corrected chi connectivity index (χ1v) is 14.2. The van der Waals surface area contributed by atoms with E-state index in [9.17, 15) is 17.1 Å². The number of nitrogens with one attached hydrogen (secondary N) is 1. The number of pyridine rings is 2. The molecule has 3 heterocycles. The highest BCUT2D eigenvalue weighted by atomic mass is 32.3. The number of benzene rings is 2. The normalized spacial score (nSPS) is 14.2. The predicted octanol–water partition coefficient (Wildman–Crippen LogP) is 6.20. The lowest BCUT2D eigenvalue weighted by Crippen LogP contribution is -2.21. The Morgan fingerprint density at radius 1 is 1.18 bits per heavy atom. The van der Waals surface area contributed by atoms with Gasteiger partial charge in [-0.05, 0) is 73.1 Å². The Balaban J connectivity index is 1.69. The average Bonchev–Trinajstić information content (AvgIpc) is 3.22. The number of aromatic amines is 1. The Morgan fingerprint density at radius 2 is 1.97 bits per heavy atom. The van der Waals surface area contributed by atoms with E-state index in [1.54, 1.807) is 6.20 Å². The average molecular weight is 544 g/mol. The molecule has 0 radical (unpaired) electrons. The van der Waals surface area contributed by atoms with Gasteiger partial charge in [-0.2, -0.15) is 8.42 Å². The van der Waals surface area contributed by atoms with Crippen LogP contribution in [0.4, 0.5) is 3.89 Å². The zero-order valence-electron chi connectivity index (χ0n) is 21.5. The van der Waals surface area contributed by atoms with Gasteiger partial charge in [-0.3, -0.25) is 9.78 Å². The summed E-state index contributed by atoms with van der Waals surface area (Å²) in [6.45, 7) is 4.17. The van der Waals surface area contributed by atoms with E-state index in [4.69, 9.17) is 6.42 Å². The summed E-state index contributed by atoms with van der Waals surface area (Å²) in [6.07, 6.45) is 12.1. The Morgan fingerprint density at radius 3 is 2.64 bits per heavy atom. The van der Waals surface area contributed by atoms with Crippen LogP contribution in [0.25, 0.3) is 44.0 Å². The molecule has 1 aliphatic rings. The molecule has 0 atom stereocenters. The summed E-state index contributed by atoms with van der Waals surface area (Å²) in [5.41, 5.74) is 5.25. The zero-order valence-corrected chi connectivity index (χ0v) is 22.3. The summed E-state index contributed by atoms with van der Waals surface area (Å²) in [5.74, 6) is 2.70. The molecule has 1 fully saturated rings. The van der Waals surface area contributed by atoms with Crippen molar-refractivity contribution < 1.29 is 16.5 Å². The van der Waals surface area contributed by atoms with Crippen molar-refractivity contribution in [2.24, 2.45) is 5.92 Å². The van der Waals surface area contributed by atoms with Crippen molar-refractivity contribution in [2.45, 2.75) is 45.6 Å². The van der Waals surface area contributed by atoms with Crippen LogP contribution < -0.4 is 9.61 Å². The first-order valence-electron chi connectivity index (χ1n) is 12.9. The number of terminal acetylenes is 1. The van der Waals surface area contributed by atoms with Crippen molar-refractivity contribution in [3.05, 3.63) is 70.1 Å². The van der Waals surface area contributed by atoms with Crippen LogP contribution in [0.2, 0.25) is 0 Å². The molecule has 1 saturated carbocycles. The minimum absolute atomic E-state index is 0.0643. The number of H-pyrrole nitrogens is 1. The lowest BCUT2D eigenvalue weighted by atomic mass is 9.89. The standard InChI is InChI=1S/C30H26FN3O4S/c1-4-18-8-9-23-26(11-18)33-30-28(23)29(35)25-13-19(10-17(2)3)24(14-27(25)34(30)21-6-5-7-21)20-12-22(16-32-15-20)38-39(31,36)37/h1,8-9,11-17,21,33H,5-7,10H2,2-3H3. The summed E-state index contributed by atoms with van der Waals surface area (Å²) in [5, 5.41) is 2.09. The fourth-order valence-electron chi connectivity index (χ4n) is 5.58. The molecular formula is C30H26FN3O4S. The van der Waals surface area contributed by atoms with Crippen LogP contribution in [0, 0.1) is 18.3 Å². The lowest BCUT2D eigenvalue weighted by molar-refractivity contribution is 0.327. The zero-order chi connectivity index (χ0) is 27.5. The predicted molar refractivity (Wildman–Crippen MR) is 151 cm³/mol. The van der Waals surface area contributed by atoms with Gasteiger partial charge in [0.2, 0.25) is 0 Å². The lowest BCUT2D eigenvalue weighted by Gasteiger charge is -2.31. The molecule has 1 N–H and O–H groups in total. The van der Waals surface area contributed by atoms with Crippen LogP contribution in [-0.2, 0) is 16.9 Å². The third-order valence-corrected chi connectivity index (χ3v) is 7.82. The van der Waals surface area contributed by atoms with Crippen molar-refractivity contribution in [1.82, 2.24) is 14.5 Å². The maximum absolute atomic E-state index is 14.1. The topological polar surface area (TPSA) is 94.1 Å². The second-order valence-electron chi connectivity index (χ2n) is 10.5. The number of hydrogen-bond donors (Lipinski definition) is 1. The smallest absolute Gasteiger partial charge is 0.357 e. The van der Waals surface area contributed by atoms with E-state index in [-0.39, 0.29) is 23.1 Å². The molecule has 6 rings (SSSR count). The van der Waals surface area contributed by atoms with E-state index in [1.165, 1.54) is 6.07 Å². The van der Waals surface area contributed by atoms with Gasteiger partial charge in [0.05, 0.1) is 17.1 Å². The first-order chi connectivity index (χ1) is 18.6. The van der Waals surface area contributed by atoms with Gasteiger partial charge in [-0.15, -0.1) is 6.42 Å². The number of nitrogens with zero attached hydrogens (tertiary/aromatic N) is 2. The third kappa shape index (κ3) is 4.45. The van der Waals surface area contributed by atoms with Crippen molar-refractivity contribution in [1.29, 1.82) is 0 Å². The molecule has 0 saturated heterocycles. The van der Waals surface area contributed by atoms with Gasteiger partial charge in [-0.1, -0.05) is 29.7 Å². The molecule has 198 valence electrons. The van der Waals surface area contributed by atoms with E-state index >= 15 is 0 Å². The van der Waals surface area contributed by atoms with Gasteiger partial charge in [0.1, 0.15) is 5.65 Å². The monoisotopic (exact) mass is 543 g/mol. The van der Waals surface area contributed by atoms with E-state index in [0.29, 0.717) is 22.8 Å². The maximum atomic E-state index is 14.1. The number of aromatic nitrogens is 3. The summed E-state index contributed by atoms with van der Waals surface area (Å²) in [7, 11) is -5.20. The van der Waals surface area contributed by atoms with E-state index in [1.807, 2.05) is 30.3 Å². The van der Waals surface area contributed by atoms with Gasteiger partial charge in [0.25, 0.3) is 0 Å². The molecule has 9 heteroatoms. The fraction of sp³-hybridized carbons (Fsp3) is 0.267. The molecule has 39 heavy (non-hydrogen) atoms. The Kier molecular flexibility index (Phi) is 5.96. The molecule has 5 aromatic rings. The van der Waals surface area contributed by atoms with Gasteiger partial charge >= 0.3 is 10.5 Å². The third-order valence-electron chi connectivity index (χ3n) is 7.43. The summed E-state index contributed by atoms with van der Waals surface area (Å²) < 4.78 is 42.1. The maximum Gasteiger partial charge on any atom is 0.488 e.